The maximum atomic E-state index is 4.81. The van der Waals surface area contributed by atoms with Crippen LogP contribution in [-0.2, 0) is 12.8 Å². The first-order valence-electron chi connectivity index (χ1n) is 8.49. The minimum atomic E-state index is 1.00. The fourth-order valence-corrected chi connectivity index (χ4v) is 2.84. The van der Waals surface area contributed by atoms with Crippen LogP contribution in [0.25, 0.3) is 22.1 Å². The molecule has 0 aliphatic heterocycles. The molecule has 0 atom stereocenters. The van der Waals surface area contributed by atoms with E-state index in [0.717, 1.165) is 34.9 Å². The Morgan fingerprint density at radius 2 is 1.09 bits per heavy atom. The van der Waals surface area contributed by atoms with E-state index in [1.54, 1.807) is 0 Å². The number of unbranched alkanes of at least 4 members (excludes halogenated alkanes) is 2. The van der Waals surface area contributed by atoms with E-state index < -0.39 is 0 Å². The summed E-state index contributed by atoms with van der Waals surface area (Å²) < 4.78 is 0. The van der Waals surface area contributed by atoms with Crippen molar-refractivity contribution >= 4 is 22.1 Å². The van der Waals surface area contributed by atoms with Gasteiger partial charge in [0.25, 0.3) is 0 Å². The van der Waals surface area contributed by atoms with E-state index in [1.807, 2.05) is 0 Å². The van der Waals surface area contributed by atoms with Crippen molar-refractivity contribution in [1.29, 1.82) is 0 Å². The summed E-state index contributed by atoms with van der Waals surface area (Å²) in [6.45, 7) is 4.45. The summed E-state index contributed by atoms with van der Waals surface area (Å²) in [5.41, 5.74) is 6.76. The summed E-state index contributed by atoms with van der Waals surface area (Å²) in [5.74, 6) is 0. The molecule has 0 amide bonds. The van der Waals surface area contributed by atoms with E-state index in [4.69, 9.17) is 9.97 Å². The number of hydrogen-bond donors (Lipinski definition) is 0. The van der Waals surface area contributed by atoms with Crippen LogP contribution in [0.4, 0.5) is 0 Å². The van der Waals surface area contributed by atoms with Crippen LogP contribution in [0.1, 0.15) is 50.7 Å². The topological polar surface area (TPSA) is 25.8 Å². The fourth-order valence-electron chi connectivity index (χ4n) is 2.84. The van der Waals surface area contributed by atoms with E-state index in [2.05, 4.69) is 50.2 Å². The van der Waals surface area contributed by atoms with E-state index in [9.17, 15) is 0 Å². The first-order chi connectivity index (χ1) is 10.8. The van der Waals surface area contributed by atoms with Crippen LogP contribution in [-0.4, -0.2) is 9.97 Å². The molecule has 0 spiro atoms. The molecular formula is C20H24N2. The van der Waals surface area contributed by atoms with Crippen molar-refractivity contribution in [2.45, 2.75) is 52.4 Å². The molecule has 2 nitrogen and oxygen atoms in total. The standard InChI is InChI=1S/C20H24N2/c1-3-5-7-15-9-11-17-19(13-15)21-18-12-10-16(8-6-4-2)14-20(18)22-17/h9-14H,3-8H2,1-2H3. The van der Waals surface area contributed by atoms with Crippen LogP contribution < -0.4 is 0 Å². The highest BCUT2D eigenvalue weighted by Gasteiger charge is 2.04. The predicted molar refractivity (Wildman–Crippen MR) is 94.3 cm³/mol. The molecule has 0 bridgehead atoms. The second-order valence-corrected chi connectivity index (χ2v) is 6.08. The van der Waals surface area contributed by atoms with E-state index in [0.29, 0.717) is 0 Å². The number of benzene rings is 2. The van der Waals surface area contributed by atoms with Crippen LogP contribution in [0.5, 0.6) is 0 Å². The Morgan fingerprint density at radius 3 is 1.50 bits per heavy atom. The lowest BCUT2D eigenvalue weighted by Crippen LogP contribution is -1.92. The Morgan fingerprint density at radius 1 is 0.636 bits per heavy atom. The Balaban J connectivity index is 1.98. The van der Waals surface area contributed by atoms with Crippen LogP contribution in [0.3, 0.4) is 0 Å². The number of nitrogens with zero attached hydrogens (tertiary/aromatic N) is 2. The SMILES string of the molecule is CCCCc1ccc2nc3cc(CCCC)ccc3nc2c1. The normalized spacial score (nSPS) is 11.4. The zero-order valence-electron chi connectivity index (χ0n) is 13.6. The van der Waals surface area contributed by atoms with Gasteiger partial charge in [0.05, 0.1) is 22.1 Å². The van der Waals surface area contributed by atoms with Crippen LogP contribution in [0.15, 0.2) is 36.4 Å². The van der Waals surface area contributed by atoms with Crippen molar-refractivity contribution < 1.29 is 0 Å². The van der Waals surface area contributed by atoms with Crippen molar-refractivity contribution in [2.24, 2.45) is 0 Å². The fraction of sp³-hybridized carbons (Fsp3) is 0.400. The van der Waals surface area contributed by atoms with Gasteiger partial charge in [-0.15, -0.1) is 0 Å². The molecule has 0 unspecified atom stereocenters. The molecule has 1 heterocycles. The van der Waals surface area contributed by atoms with Crippen molar-refractivity contribution in [3.63, 3.8) is 0 Å². The lowest BCUT2D eigenvalue weighted by atomic mass is 10.1. The van der Waals surface area contributed by atoms with Gasteiger partial charge in [-0.25, -0.2) is 9.97 Å². The predicted octanol–water partition coefficient (Wildman–Crippen LogP) is 5.47. The average molecular weight is 292 g/mol. The second-order valence-electron chi connectivity index (χ2n) is 6.08. The molecule has 0 radical (unpaired) electrons. The van der Waals surface area contributed by atoms with Gasteiger partial charge >= 0.3 is 0 Å². The zero-order chi connectivity index (χ0) is 15.4. The highest BCUT2D eigenvalue weighted by atomic mass is 14.8. The van der Waals surface area contributed by atoms with Gasteiger partial charge in [0, 0.05) is 0 Å². The largest absolute Gasteiger partial charge is 0.244 e. The number of aryl methyl sites for hydroxylation is 2. The molecule has 114 valence electrons. The summed E-state index contributed by atoms with van der Waals surface area (Å²) in [6, 6.07) is 13.0. The summed E-state index contributed by atoms with van der Waals surface area (Å²) >= 11 is 0. The number of aromatic nitrogens is 2. The summed E-state index contributed by atoms with van der Waals surface area (Å²) in [5, 5.41) is 0. The Kier molecular flexibility index (Phi) is 4.67. The van der Waals surface area contributed by atoms with Gasteiger partial charge in [0.15, 0.2) is 0 Å². The molecule has 2 aromatic carbocycles. The van der Waals surface area contributed by atoms with Crippen molar-refractivity contribution in [3.8, 4) is 0 Å². The molecule has 3 aromatic rings. The Hall–Kier alpha value is -1.96. The molecule has 22 heavy (non-hydrogen) atoms. The van der Waals surface area contributed by atoms with Crippen LogP contribution >= 0.6 is 0 Å². The molecule has 0 aliphatic carbocycles. The molecular weight excluding hydrogens is 268 g/mol. The van der Waals surface area contributed by atoms with E-state index >= 15 is 0 Å². The monoisotopic (exact) mass is 292 g/mol. The van der Waals surface area contributed by atoms with Crippen LogP contribution in [0.2, 0.25) is 0 Å². The minimum Gasteiger partial charge on any atom is -0.244 e. The number of rotatable bonds is 6. The maximum Gasteiger partial charge on any atom is 0.0897 e. The third-order valence-electron chi connectivity index (χ3n) is 4.20. The van der Waals surface area contributed by atoms with E-state index in [1.165, 1.54) is 36.8 Å². The highest BCUT2D eigenvalue weighted by molar-refractivity contribution is 5.86. The number of fused-ring (bicyclic) bond motifs is 2. The Labute approximate surface area is 132 Å². The van der Waals surface area contributed by atoms with E-state index in [-0.39, 0.29) is 0 Å². The Bertz CT molecular complexity index is 710. The van der Waals surface area contributed by atoms with Gasteiger partial charge in [-0.05, 0) is 61.1 Å². The van der Waals surface area contributed by atoms with Gasteiger partial charge in [0.2, 0.25) is 0 Å². The van der Waals surface area contributed by atoms with Crippen molar-refractivity contribution in [1.82, 2.24) is 9.97 Å². The quantitative estimate of drug-likeness (QED) is 0.563. The van der Waals surface area contributed by atoms with Gasteiger partial charge < -0.3 is 0 Å². The molecule has 0 aliphatic rings. The lowest BCUT2D eigenvalue weighted by Gasteiger charge is -2.06. The maximum absolute atomic E-state index is 4.81. The van der Waals surface area contributed by atoms with Crippen LogP contribution in [0, 0.1) is 0 Å². The third-order valence-corrected chi connectivity index (χ3v) is 4.20. The summed E-state index contributed by atoms with van der Waals surface area (Å²) in [4.78, 5) is 9.61. The van der Waals surface area contributed by atoms with Gasteiger partial charge in [-0.3, -0.25) is 0 Å². The molecule has 3 rings (SSSR count). The zero-order valence-corrected chi connectivity index (χ0v) is 13.6. The average Bonchev–Trinajstić information content (AvgIpc) is 2.56. The van der Waals surface area contributed by atoms with Gasteiger partial charge in [-0.1, -0.05) is 38.8 Å². The van der Waals surface area contributed by atoms with Gasteiger partial charge in [0.1, 0.15) is 0 Å². The minimum absolute atomic E-state index is 1.00. The first kappa shape index (κ1) is 15.0. The molecule has 0 fully saturated rings. The molecule has 0 N–H and O–H groups in total. The first-order valence-corrected chi connectivity index (χ1v) is 8.49. The third kappa shape index (κ3) is 3.27. The van der Waals surface area contributed by atoms with Gasteiger partial charge in [-0.2, -0.15) is 0 Å². The molecule has 0 saturated carbocycles. The van der Waals surface area contributed by atoms with Crippen molar-refractivity contribution in [2.75, 3.05) is 0 Å². The highest BCUT2D eigenvalue weighted by Crippen LogP contribution is 2.20. The molecule has 0 saturated heterocycles. The molecule has 1 aromatic heterocycles. The smallest absolute Gasteiger partial charge is 0.0897 e. The number of hydrogen-bond acceptors (Lipinski definition) is 2. The lowest BCUT2D eigenvalue weighted by molar-refractivity contribution is 0.795. The molecule has 2 heteroatoms. The summed E-state index contributed by atoms with van der Waals surface area (Å²) in [7, 11) is 0. The summed E-state index contributed by atoms with van der Waals surface area (Å²) in [6.07, 6.45) is 7.16. The van der Waals surface area contributed by atoms with Crippen molar-refractivity contribution in [3.05, 3.63) is 47.5 Å². The second kappa shape index (κ2) is 6.87.